The number of anilines is 1. The van der Waals surface area contributed by atoms with E-state index in [1.807, 2.05) is 0 Å². The number of amides is 1. The summed E-state index contributed by atoms with van der Waals surface area (Å²) in [7, 11) is 0. The highest BCUT2D eigenvalue weighted by atomic mass is 35.5. The second-order valence-corrected chi connectivity index (χ2v) is 4.92. The summed E-state index contributed by atoms with van der Waals surface area (Å²) in [4.78, 5) is 16.0. The molecule has 114 valence electrons. The van der Waals surface area contributed by atoms with Crippen molar-refractivity contribution in [2.24, 2.45) is 4.99 Å². The minimum atomic E-state index is -4.50. The highest BCUT2D eigenvalue weighted by Gasteiger charge is 2.31. The van der Waals surface area contributed by atoms with E-state index in [1.165, 1.54) is 0 Å². The van der Waals surface area contributed by atoms with E-state index in [2.05, 4.69) is 15.6 Å². The van der Waals surface area contributed by atoms with Crippen molar-refractivity contribution >= 4 is 29.0 Å². The zero-order valence-corrected chi connectivity index (χ0v) is 11.7. The van der Waals surface area contributed by atoms with Crippen LogP contribution in [0.25, 0.3) is 0 Å². The fraction of sp³-hybridized carbons (Fsp3) is 0.385. The molecule has 21 heavy (non-hydrogen) atoms. The van der Waals surface area contributed by atoms with Crippen molar-refractivity contribution in [3.8, 4) is 0 Å². The molecule has 1 heterocycles. The molecule has 8 heteroatoms. The van der Waals surface area contributed by atoms with Crippen LogP contribution in [0.4, 0.5) is 18.9 Å². The minimum Gasteiger partial charge on any atom is -0.366 e. The van der Waals surface area contributed by atoms with Gasteiger partial charge in [-0.1, -0.05) is 11.6 Å². The molecular formula is C13H13ClF3N3O. The molecule has 4 nitrogen and oxygen atoms in total. The summed E-state index contributed by atoms with van der Waals surface area (Å²) in [5.74, 6) is -0.487. The number of carbonyl (C=O) groups is 1. The number of hydrogen-bond acceptors (Lipinski definition) is 3. The molecule has 0 saturated heterocycles. The summed E-state index contributed by atoms with van der Waals surface area (Å²) in [6.45, 7) is 1.11. The van der Waals surface area contributed by atoms with E-state index in [1.54, 1.807) is 0 Å². The average molecular weight is 320 g/mol. The van der Waals surface area contributed by atoms with Gasteiger partial charge in [0.2, 0.25) is 0 Å². The Bertz CT molecular complexity index is 572. The van der Waals surface area contributed by atoms with Gasteiger partial charge in [-0.25, -0.2) is 0 Å². The molecule has 0 bridgehead atoms. The van der Waals surface area contributed by atoms with Crippen LogP contribution in [0.3, 0.4) is 0 Å². The highest BCUT2D eigenvalue weighted by molar-refractivity contribution is 6.43. The van der Waals surface area contributed by atoms with Crippen molar-refractivity contribution < 1.29 is 18.0 Å². The maximum Gasteiger partial charge on any atom is 0.416 e. The smallest absolute Gasteiger partial charge is 0.366 e. The second-order valence-electron chi connectivity index (χ2n) is 4.51. The van der Waals surface area contributed by atoms with Crippen LogP contribution in [0.15, 0.2) is 23.2 Å². The molecule has 0 fully saturated rings. The number of alkyl halides is 3. The van der Waals surface area contributed by atoms with Crippen LogP contribution in [0, 0.1) is 0 Å². The van der Waals surface area contributed by atoms with Gasteiger partial charge in [0.1, 0.15) is 0 Å². The van der Waals surface area contributed by atoms with Gasteiger partial charge in [0.05, 0.1) is 16.3 Å². The van der Waals surface area contributed by atoms with E-state index in [0.29, 0.717) is 13.1 Å². The van der Waals surface area contributed by atoms with Gasteiger partial charge in [0.15, 0.2) is 5.84 Å². The van der Waals surface area contributed by atoms with Crippen molar-refractivity contribution in [3.63, 3.8) is 0 Å². The van der Waals surface area contributed by atoms with E-state index < -0.39 is 17.6 Å². The van der Waals surface area contributed by atoms with E-state index >= 15 is 0 Å². The topological polar surface area (TPSA) is 53.5 Å². The predicted octanol–water partition coefficient (Wildman–Crippen LogP) is 3.08. The SMILES string of the molecule is O=C(Nc1cc(C(F)(F)F)ccc1Cl)C1=NCCCCN1. The number of aliphatic imine (C=N–C) groups is 1. The summed E-state index contributed by atoms with van der Waals surface area (Å²) in [5, 5.41) is 5.23. The predicted molar refractivity (Wildman–Crippen MR) is 74.6 cm³/mol. The molecule has 1 amide bonds. The van der Waals surface area contributed by atoms with E-state index in [0.717, 1.165) is 31.0 Å². The summed E-state index contributed by atoms with van der Waals surface area (Å²) >= 11 is 5.82. The van der Waals surface area contributed by atoms with Gasteiger partial charge >= 0.3 is 6.18 Å². The largest absolute Gasteiger partial charge is 0.416 e. The molecule has 0 unspecified atom stereocenters. The molecule has 2 N–H and O–H groups in total. The van der Waals surface area contributed by atoms with Crippen LogP contribution in [0.1, 0.15) is 18.4 Å². The first-order valence-electron chi connectivity index (χ1n) is 6.34. The minimum absolute atomic E-state index is 0.0329. The molecular weight excluding hydrogens is 307 g/mol. The van der Waals surface area contributed by atoms with Crippen LogP contribution in [-0.4, -0.2) is 24.8 Å². The van der Waals surface area contributed by atoms with Crippen molar-refractivity contribution in [3.05, 3.63) is 28.8 Å². The number of nitrogens with one attached hydrogen (secondary N) is 2. The third kappa shape index (κ3) is 4.10. The first-order chi connectivity index (χ1) is 9.88. The van der Waals surface area contributed by atoms with Crippen molar-refractivity contribution in [2.45, 2.75) is 19.0 Å². The quantitative estimate of drug-likeness (QED) is 0.880. The molecule has 1 aromatic carbocycles. The number of carbonyl (C=O) groups excluding carboxylic acids is 1. The van der Waals surface area contributed by atoms with Crippen LogP contribution < -0.4 is 10.6 Å². The number of halogens is 4. The molecule has 1 aliphatic rings. The fourth-order valence-corrected chi connectivity index (χ4v) is 1.99. The van der Waals surface area contributed by atoms with Gasteiger partial charge in [-0.2, -0.15) is 13.2 Å². The third-order valence-corrected chi connectivity index (χ3v) is 3.23. The number of nitrogens with zero attached hydrogens (tertiary/aromatic N) is 1. The van der Waals surface area contributed by atoms with Gasteiger partial charge < -0.3 is 10.6 Å². The van der Waals surface area contributed by atoms with Crippen LogP contribution in [0.2, 0.25) is 5.02 Å². The van der Waals surface area contributed by atoms with Crippen LogP contribution >= 0.6 is 11.6 Å². The maximum absolute atomic E-state index is 12.7. The van der Waals surface area contributed by atoms with Gasteiger partial charge in [-0.15, -0.1) is 0 Å². The molecule has 0 aromatic heterocycles. The Morgan fingerprint density at radius 2 is 2.10 bits per heavy atom. The Labute approximate surface area is 124 Å². The average Bonchev–Trinajstić information content (AvgIpc) is 2.68. The van der Waals surface area contributed by atoms with Crippen LogP contribution in [-0.2, 0) is 11.0 Å². The summed E-state index contributed by atoms with van der Waals surface area (Å²) < 4.78 is 38.0. The summed E-state index contributed by atoms with van der Waals surface area (Å²) in [5.41, 5.74) is -0.969. The zero-order chi connectivity index (χ0) is 15.5. The molecule has 0 radical (unpaired) electrons. The van der Waals surface area contributed by atoms with Crippen molar-refractivity contribution in [1.29, 1.82) is 0 Å². The van der Waals surface area contributed by atoms with E-state index in [9.17, 15) is 18.0 Å². The van der Waals surface area contributed by atoms with E-state index in [-0.39, 0.29) is 16.5 Å². The Morgan fingerprint density at radius 1 is 1.33 bits per heavy atom. The molecule has 0 aliphatic carbocycles. The Balaban J connectivity index is 2.18. The highest BCUT2D eigenvalue weighted by Crippen LogP contribution is 2.33. The van der Waals surface area contributed by atoms with Gasteiger partial charge in [0, 0.05) is 13.1 Å². The molecule has 0 atom stereocenters. The first kappa shape index (κ1) is 15.6. The second kappa shape index (κ2) is 6.34. The Kier molecular flexibility index (Phi) is 4.72. The van der Waals surface area contributed by atoms with Crippen molar-refractivity contribution in [2.75, 3.05) is 18.4 Å². The first-order valence-corrected chi connectivity index (χ1v) is 6.72. The number of benzene rings is 1. The fourth-order valence-electron chi connectivity index (χ4n) is 1.82. The summed E-state index contributed by atoms with van der Waals surface area (Å²) in [6.07, 6.45) is -2.76. The molecule has 1 aliphatic heterocycles. The Hall–Kier alpha value is -1.76. The van der Waals surface area contributed by atoms with E-state index in [4.69, 9.17) is 11.6 Å². The molecule has 2 rings (SSSR count). The molecule has 0 spiro atoms. The number of hydrogen-bond donors (Lipinski definition) is 2. The van der Waals surface area contributed by atoms with Crippen molar-refractivity contribution in [1.82, 2.24) is 5.32 Å². The normalized spacial score (nSPS) is 15.7. The lowest BCUT2D eigenvalue weighted by molar-refractivity contribution is -0.137. The lowest BCUT2D eigenvalue weighted by Gasteiger charge is -2.12. The molecule has 1 aromatic rings. The molecule has 0 saturated carbocycles. The van der Waals surface area contributed by atoms with Gasteiger partial charge in [0.25, 0.3) is 5.91 Å². The maximum atomic E-state index is 12.7. The van der Waals surface area contributed by atoms with Crippen LogP contribution in [0.5, 0.6) is 0 Å². The van der Waals surface area contributed by atoms with Gasteiger partial charge in [-0.05, 0) is 31.0 Å². The lowest BCUT2D eigenvalue weighted by atomic mass is 10.2. The standard InChI is InChI=1S/C13H13ClF3N3O/c14-9-4-3-8(13(15,16)17)7-10(9)20-12(21)11-18-5-1-2-6-19-11/h3-4,7H,1-2,5-6H2,(H,18,19)(H,20,21). The number of rotatable bonds is 2. The van der Waals surface area contributed by atoms with Gasteiger partial charge in [-0.3, -0.25) is 9.79 Å². The third-order valence-electron chi connectivity index (χ3n) is 2.90. The Morgan fingerprint density at radius 3 is 2.81 bits per heavy atom. The lowest BCUT2D eigenvalue weighted by Crippen LogP contribution is -2.35. The zero-order valence-electron chi connectivity index (χ0n) is 10.9. The number of amidine groups is 1. The summed E-state index contributed by atoms with van der Waals surface area (Å²) in [6, 6.07) is 2.76. The monoisotopic (exact) mass is 319 g/mol.